The Morgan fingerprint density at radius 1 is 0.707 bits per heavy atom. The molecule has 0 spiro atoms. The molecule has 0 aliphatic carbocycles. The van der Waals surface area contributed by atoms with E-state index in [9.17, 15) is 28.8 Å². The summed E-state index contributed by atoms with van der Waals surface area (Å²) in [4.78, 5) is 75.5. The van der Waals surface area contributed by atoms with E-state index >= 15 is 0 Å². The molecule has 12 nitrogen and oxygen atoms in total. The molecule has 0 saturated heterocycles. The quantitative estimate of drug-likeness (QED) is 0.141. The van der Waals surface area contributed by atoms with E-state index in [1.165, 1.54) is 20.8 Å². The van der Waals surface area contributed by atoms with Gasteiger partial charge in [-0.05, 0) is 0 Å². The van der Waals surface area contributed by atoms with Crippen LogP contribution in [0.15, 0.2) is 34.9 Å². The van der Waals surface area contributed by atoms with Crippen LogP contribution in [0.2, 0.25) is 8.87 Å². The molecule has 0 aromatic heterocycles. The van der Waals surface area contributed by atoms with E-state index in [2.05, 4.69) is 0 Å². The van der Waals surface area contributed by atoms with Gasteiger partial charge in [0.1, 0.15) is 0 Å². The fourth-order valence-corrected chi connectivity index (χ4v) is 17.2. The standard InChI is InChI=1S/2C6H13.3C5H6O4.2Sn/c2*1-3-5-6-4-2;3*1-3(5(8)9)2-4(6)7;;/h2*1,3-6H2,2H3;3*2H,1H3,(H,6,7)(H,8,9);;/q;;;;;2*+3/p-6/b;;3-2-;;;;. The molecule has 0 N–H and O–H groups in total. The van der Waals surface area contributed by atoms with Crippen LogP contribution >= 0.6 is 0 Å². The molecule has 2 unspecified atom stereocenters. The Labute approximate surface area is 250 Å². The summed E-state index contributed by atoms with van der Waals surface area (Å²) in [6, 6.07) is 0. The molecule has 0 aromatic carbocycles. The molecule has 226 valence electrons. The predicted octanol–water partition coefficient (Wildman–Crippen LogP) is 4.15. The molecule has 0 amide bonds. The van der Waals surface area contributed by atoms with Gasteiger partial charge in [-0.2, -0.15) is 0 Å². The second kappa shape index (κ2) is 16.3. The van der Waals surface area contributed by atoms with E-state index < -0.39 is 75.1 Å². The fraction of sp³-hybridized carbons (Fsp3) is 0.556. The van der Waals surface area contributed by atoms with Gasteiger partial charge >= 0.3 is 252 Å². The maximum atomic E-state index is 13.1. The Balaban J connectivity index is 2.24. The molecule has 2 atom stereocenters. The first kappa shape index (κ1) is 34.8. The minimum atomic E-state index is -5.11. The Bertz CT molecular complexity index is 1140. The second-order valence-corrected chi connectivity index (χ2v) is 24.0. The Hall–Kier alpha value is -2.36. The van der Waals surface area contributed by atoms with Crippen molar-refractivity contribution in [3.8, 4) is 0 Å². The van der Waals surface area contributed by atoms with E-state index in [0.717, 1.165) is 56.8 Å². The zero-order valence-electron chi connectivity index (χ0n) is 24.2. The van der Waals surface area contributed by atoms with Crippen molar-refractivity contribution in [2.75, 3.05) is 0 Å². The van der Waals surface area contributed by atoms with Crippen LogP contribution in [0.5, 0.6) is 0 Å². The third kappa shape index (κ3) is 11.1. The molecule has 2 aliphatic rings. The van der Waals surface area contributed by atoms with Crippen molar-refractivity contribution in [1.29, 1.82) is 0 Å². The second-order valence-electron chi connectivity index (χ2n) is 9.90. The van der Waals surface area contributed by atoms with E-state index in [4.69, 9.17) is 18.4 Å². The average Bonchev–Trinajstić information content (AvgIpc) is 3.05. The molecular formula is C27H38O12Sn2. The predicted molar refractivity (Wildman–Crippen MR) is 147 cm³/mol. The van der Waals surface area contributed by atoms with Crippen molar-refractivity contribution in [2.45, 2.75) is 94.9 Å². The van der Waals surface area contributed by atoms with Crippen LogP contribution in [-0.4, -0.2) is 75.1 Å². The maximum absolute atomic E-state index is 13.1. The molecule has 2 rings (SSSR count). The minimum absolute atomic E-state index is 0.0161. The molecule has 0 bridgehead atoms. The number of carbonyl (C=O) groups is 6. The van der Waals surface area contributed by atoms with Crippen LogP contribution < -0.4 is 0 Å². The van der Waals surface area contributed by atoms with E-state index in [1.807, 2.05) is 13.8 Å². The van der Waals surface area contributed by atoms with Crippen molar-refractivity contribution in [3.63, 3.8) is 0 Å². The van der Waals surface area contributed by atoms with E-state index in [1.54, 1.807) is 0 Å². The summed E-state index contributed by atoms with van der Waals surface area (Å²) in [5.74, 6) is -5.40. The third-order valence-electron chi connectivity index (χ3n) is 6.15. The summed E-state index contributed by atoms with van der Waals surface area (Å²) >= 11 is -10.2. The molecule has 2 heterocycles. The third-order valence-corrected chi connectivity index (χ3v) is 20.3. The summed E-state index contributed by atoms with van der Waals surface area (Å²) in [5, 5.41) is 0. The molecule has 0 saturated carbocycles. The summed E-state index contributed by atoms with van der Waals surface area (Å²) in [5.41, 5.74) is -0.209. The van der Waals surface area contributed by atoms with Gasteiger partial charge in [0.15, 0.2) is 0 Å². The van der Waals surface area contributed by atoms with E-state index in [0.29, 0.717) is 12.8 Å². The van der Waals surface area contributed by atoms with Gasteiger partial charge in [0.2, 0.25) is 0 Å². The van der Waals surface area contributed by atoms with Crippen molar-refractivity contribution in [3.05, 3.63) is 34.9 Å². The van der Waals surface area contributed by atoms with Crippen molar-refractivity contribution in [2.24, 2.45) is 0 Å². The van der Waals surface area contributed by atoms with Crippen molar-refractivity contribution >= 4 is 75.1 Å². The fourth-order valence-electron chi connectivity index (χ4n) is 3.89. The molecule has 41 heavy (non-hydrogen) atoms. The zero-order chi connectivity index (χ0) is 30.6. The first-order chi connectivity index (χ1) is 19.3. The van der Waals surface area contributed by atoms with Crippen LogP contribution in [0, 0.1) is 0 Å². The Kier molecular flexibility index (Phi) is 13.9. The molecule has 0 fully saturated rings. The first-order valence-corrected chi connectivity index (χ1v) is 24.8. The van der Waals surface area contributed by atoms with Crippen LogP contribution in [0.25, 0.3) is 0 Å². The molecule has 14 heteroatoms. The number of rotatable bonds is 14. The van der Waals surface area contributed by atoms with Crippen LogP contribution in [0.1, 0.15) is 86.0 Å². The molecule has 0 aromatic rings. The van der Waals surface area contributed by atoms with Gasteiger partial charge in [-0.3, -0.25) is 0 Å². The average molecular weight is 792 g/mol. The van der Waals surface area contributed by atoms with E-state index in [-0.39, 0.29) is 25.6 Å². The van der Waals surface area contributed by atoms with Crippen molar-refractivity contribution in [1.82, 2.24) is 0 Å². The summed E-state index contributed by atoms with van der Waals surface area (Å²) in [6.45, 7) is 8.07. The summed E-state index contributed by atoms with van der Waals surface area (Å²) in [7, 11) is 0. The number of hydrogen-bond acceptors (Lipinski definition) is 12. The van der Waals surface area contributed by atoms with Gasteiger partial charge in [-0.25, -0.2) is 0 Å². The molecule has 0 radical (unpaired) electrons. The van der Waals surface area contributed by atoms with Gasteiger partial charge < -0.3 is 0 Å². The Morgan fingerprint density at radius 3 is 1.59 bits per heavy atom. The normalized spacial score (nSPS) is 23.1. The first-order valence-electron chi connectivity index (χ1n) is 13.8. The molecular weight excluding hydrogens is 754 g/mol. The summed E-state index contributed by atoms with van der Waals surface area (Å²) < 4.78 is 33.2. The monoisotopic (exact) mass is 794 g/mol. The number of unbranched alkanes of at least 4 members (excludes halogenated alkanes) is 6. The Morgan fingerprint density at radius 2 is 1.15 bits per heavy atom. The van der Waals surface area contributed by atoms with Gasteiger partial charge in [-0.1, -0.05) is 0 Å². The number of hydrogen-bond donors (Lipinski definition) is 0. The van der Waals surface area contributed by atoms with Crippen LogP contribution in [-0.2, 0) is 47.2 Å². The van der Waals surface area contributed by atoms with Gasteiger partial charge in [-0.15, -0.1) is 0 Å². The number of carbonyl (C=O) groups excluding carboxylic acids is 6. The zero-order valence-corrected chi connectivity index (χ0v) is 29.9. The topological polar surface area (TPSA) is 158 Å². The van der Waals surface area contributed by atoms with Crippen molar-refractivity contribution < 1.29 is 47.2 Å². The van der Waals surface area contributed by atoms with Crippen LogP contribution in [0.4, 0.5) is 0 Å². The SMILES string of the molecule is CCCCC[CH2][Sn]1([O]C(=O)/C=C(/C)C(=O)[O][Sn]2([CH2]CCCCC)[O]C(=O)C=C(C)C(=O)[O]2)[O]C(=O)C=C(C)C(=O)[O]1. The van der Waals surface area contributed by atoms with Gasteiger partial charge in [0.25, 0.3) is 0 Å². The van der Waals surface area contributed by atoms with Gasteiger partial charge in [0, 0.05) is 0 Å². The van der Waals surface area contributed by atoms with Gasteiger partial charge in [0.05, 0.1) is 0 Å². The molecule has 2 aliphatic heterocycles. The van der Waals surface area contributed by atoms with Crippen LogP contribution in [0.3, 0.4) is 0 Å². The summed E-state index contributed by atoms with van der Waals surface area (Å²) in [6.07, 6.45) is 8.91.